The molecule has 0 fully saturated rings. The molecule has 0 unspecified atom stereocenters. The van der Waals surface area contributed by atoms with Crippen LogP contribution in [0.15, 0.2) is 42.5 Å². The Morgan fingerprint density at radius 2 is 1.96 bits per heavy atom. The molecule has 2 aromatic carbocycles. The van der Waals surface area contributed by atoms with Crippen LogP contribution in [0.5, 0.6) is 5.75 Å². The second-order valence-corrected chi connectivity index (χ2v) is 9.08. The van der Waals surface area contributed by atoms with E-state index in [-0.39, 0.29) is 12.5 Å². The van der Waals surface area contributed by atoms with E-state index in [1.165, 1.54) is 10.4 Å². The van der Waals surface area contributed by atoms with Gasteiger partial charge in [0.1, 0.15) is 5.75 Å². The van der Waals surface area contributed by atoms with Crippen LogP contribution in [0.4, 0.5) is 11.4 Å². The highest BCUT2D eigenvalue weighted by molar-refractivity contribution is 7.92. The number of hydrogen-bond donors (Lipinski definition) is 0. The first-order chi connectivity index (χ1) is 12.8. The number of nitrogens with zero attached hydrogens (tertiary/aromatic N) is 2. The van der Waals surface area contributed by atoms with E-state index in [0.717, 1.165) is 30.3 Å². The molecule has 2 aliphatic heterocycles. The second-order valence-electron chi connectivity index (χ2n) is 6.73. The Morgan fingerprint density at radius 1 is 1.19 bits per heavy atom. The van der Waals surface area contributed by atoms with Gasteiger partial charge in [0.2, 0.25) is 10.0 Å². The molecule has 0 N–H and O–H groups in total. The van der Waals surface area contributed by atoms with Gasteiger partial charge < -0.3 is 9.64 Å². The Kier molecular flexibility index (Phi) is 4.52. The molecule has 8 heteroatoms. The number of para-hydroxylation sites is 1. The maximum absolute atomic E-state index is 13.2. The molecular formula is C19H19ClN2O4S. The van der Waals surface area contributed by atoms with Crippen LogP contribution in [-0.4, -0.2) is 39.8 Å². The number of carbonyl (C=O) groups excluding carboxylic acids is 1. The van der Waals surface area contributed by atoms with E-state index in [4.69, 9.17) is 16.3 Å². The fourth-order valence-corrected chi connectivity index (χ4v) is 4.68. The van der Waals surface area contributed by atoms with Crippen molar-refractivity contribution in [3.05, 3.63) is 53.1 Å². The summed E-state index contributed by atoms with van der Waals surface area (Å²) in [5.41, 5.74) is 2.33. The number of carbonyl (C=O) groups is 1. The van der Waals surface area contributed by atoms with Gasteiger partial charge in [0.05, 0.1) is 18.5 Å². The fraction of sp³-hybridized carbons (Fsp3) is 0.316. The minimum atomic E-state index is -3.59. The molecule has 2 aliphatic rings. The van der Waals surface area contributed by atoms with Gasteiger partial charge in [-0.25, -0.2) is 8.42 Å². The standard InChI is InChI=1S/C19H19ClN2O4S/c1-27(24,25)22-12-18(26-17-9-8-14(20)11-16(17)22)19(23)21-10-4-6-13-5-2-3-7-15(13)21/h2-3,5,7-9,11,18H,4,6,10,12H2,1H3/t18-/m0/s1. The molecule has 4 rings (SSSR count). The van der Waals surface area contributed by atoms with E-state index in [2.05, 4.69) is 0 Å². The molecule has 0 radical (unpaired) electrons. The number of anilines is 2. The first kappa shape index (κ1) is 18.1. The van der Waals surface area contributed by atoms with E-state index >= 15 is 0 Å². The van der Waals surface area contributed by atoms with Gasteiger partial charge in [-0.15, -0.1) is 0 Å². The van der Waals surface area contributed by atoms with Gasteiger partial charge in [0.25, 0.3) is 5.91 Å². The van der Waals surface area contributed by atoms with Gasteiger partial charge >= 0.3 is 0 Å². The van der Waals surface area contributed by atoms with Crippen LogP contribution in [0, 0.1) is 0 Å². The normalized spacial score (nSPS) is 19.1. The smallest absolute Gasteiger partial charge is 0.269 e. The predicted molar refractivity (Wildman–Crippen MR) is 105 cm³/mol. The van der Waals surface area contributed by atoms with Crippen molar-refractivity contribution in [1.29, 1.82) is 0 Å². The first-order valence-electron chi connectivity index (χ1n) is 8.68. The monoisotopic (exact) mass is 406 g/mol. The largest absolute Gasteiger partial charge is 0.476 e. The van der Waals surface area contributed by atoms with Crippen molar-refractivity contribution >= 4 is 38.9 Å². The summed E-state index contributed by atoms with van der Waals surface area (Å²) in [4.78, 5) is 14.9. The van der Waals surface area contributed by atoms with Crippen molar-refractivity contribution in [3.63, 3.8) is 0 Å². The lowest BCUT2D eigenvalue weighted by Gasteiger charge is -2.37. The van der Waals surface area contributed by atoms with Gasteiger partial charge in [0.15, 0.2) is 6.10 Å². The van der Waals surface area contributed by atoms with Crippen LogP contribution in [0.2, 0.25) is 5.02 Å². The molecule has 6 nitrogen and oxygen atoms in total. The van der Waals surface area contributed by atoms with Crippen LogP contribution in [-0.2, 0) is 21.2 Å². The van der Waals surface area contributed by atoms with Gasteiger partial charge in [-0.05, 0) is 42.7 Å². The summed E-state index contributed by atoms with van der Waals surface area (Å²) in [6, 6.07) is 12.5. The number of ether oxygens (including phenoxy) is 1. The van der Waals surface area contributed by atoms with Crippen molar-refractivity contribution in [2.24, 2.45) is 0 Å². The third kappa shape index (κ3) is 3.37. The third-order valence-corrected chi connectivity index (χ3v) is 6.22. The second kappa shape index (κ2) is 6.73. The predicted octanol–water partition coefficient (Wildman–Crippen LogP) is 2.85. The van der Waals surface area contributed by atoms with Gasteiger partial charge in [-0.2, -0.15) is 0 Å². The van der Waals surface area contributed by atoms with Crippen LogP contribution in [0.25, 0.3) is 0 Å². The van der Waals surface area contributed by atoms with Crippen molar-refractivity contribution in [2.45, 2.75) is 18.9 Å². The SMILES string of the molecule is CS(=O)(=O)N1C[C@@H](C(=O)N2CCCc3ccccc32)Oc2ccc(Cl)cc21. The topological polar surface area (TPSA) is 66.9 Å². The summed E-state index contributed by atoms with van der Waals surface area (Å²) in [5.74, 6) is 0.0936. The summed E-state index contributed by atoms with van der Waals surface area (Å²) < 4.78 is 31.7. The van der Waals surface area contributed by atoms with Gasteiger partial charge in [-0.3, -0.25) is 9.10 Å². The number of benzene rings is 2. The summed E-state index contributed by atoms with van der Waals surface area (Å²) in [5, 5.41) is 0.403. The van der Waals surface area contributed by atoms with Crippen molar-refractivity contribution in [1.82, 2.24) is 0 Å². The minimum absolute atomic E-state index is 0.0797. The molecule has 142 valence electrons. The lowest BCUT2D eigenvalue weighted by molar-refractivity contribution is -0.125. The zero-order chi connectivity index (χ0) is 19.2. The average Bonchev–Trinajstić information content (AvgIpc) is 2.65. The molecule has 2 aromatic rings. The molecule has 0 aromatic heterocycles. The van der Waals surface area contributed by atoms with E-state index < -0.39 is 16.1 Å². The summed E-state index contributed by atoms with van der Waals surface area (Å²) in [6.45, 7) is 0.506. The number of aryl methyl sites for hydroxylation is 1. The lowest BCUT2D eigenvalue weighted by atomic mass is 10.0. The molecule has 0 bridgehead atoms. The Morgan fingerprint density at radius 3 is 2.74 bits per heavy atom. The summed E-state index contributed by atoms with van der Waals surface area (Å²) in [7, 11) is -3.59. The third-order valence-electron chi connectivity index (χ3n) is 4.84. The Hall–Kier alpha value is -2.25. The number of sulfonamides is 1. The quantitative estimate of drug-likeness (QED) is 0.769. The summed E-state index contributed by atoms with van der Waals surface area (Å²) >= 11 is 6.02. The number of fused-ring (bicyclic) bond motifs is 2. The zero-order valence-corrected chi connectivity index (χ0v) is 16.3. The Balaban J connectivity index is 1.69. The fourth-order valence-electron chi connectivity index (χ4n) is 3.60. The molecule has 0 saturated carbocycles. The average molecular weight is 407 g/mol. The van der Waals surface area contributed by atoms with Crippen LogP contribution >= 0.6 is 11.6 Å². The highest BCUT2D eigenvalue weighted by atomic mass is 35.5. The van der Waals surface area contributed by atoms with Crippen LogP contribution in [0.1, 0.15) is 12.0 Å². The van der Waals surface area contributed by atoms with Crippen molar-refractivity contribution in [2.75, 3.05) is 28.6 Å². The van der Waals surface area contributed by atoms with E-state index in [1.807, 2.05) is 24.3 Å². The maximum Gasteiger partial charge on any atom is 0.269 e. The molecule has 2 heterocycles. The Bertz CT molecular complexity index is 1010. The van der Waals surface area contributed by atoms with Crippen LogP contribution < -0.4 is 13.9 Å². The van der Waals surface area contributed by atoms with Gasteiger partial charge in [0, 0.05) is 17.3 Å². The first-order valence-corrected chi connectivity index (χ1v) is 10.9. The molecule has 27 heavy (non-hydrogen) atoms. The van der Waals surface area contributed by atoms with E-state index in [0.29, 0.717) is 23.0 Å². The molecule has 0 saturated heterocycles. The molecule has 0 aliphatic carbocycles. The van der Waals surface area contributed by atoms with E-state index in [9.17, 15) is 13.2 Å². The van der Waals surface area contributed by atoms with Gasteiger partial charge in [-0.1, -0.05) is 29.8 Å². The van der Waals surface area contributed by atoms with Crippen molar-refractivity contribution < 1.29 is 17.9 Å². The molecule has 1 amide bonds. The summed E-state index contributed by atoms with van der Waals surface area (Å²) in [6.07, 6.45) is 1.97. The van der Waals surface area contributed by atoms with Crippen molar-refractivity contribution in [3.8, 4) is 5.75 Å². The minimum Gasteiger partial charge on any atom is -0.476 e. The number of amides is 1. The van der Waals surface area contributed by atoms with Crippen LogP contribution in [0.3, 0.4) is 0 Å². The molecule has 1 atom stereocenters. The number of rotatable bonds is 2. The number of halogens is 1. The maximum atomic E-state index is 13.2. The highest BCUT2D eigenvalue weighted by Crippen LogP contribution is 2.38. The zero-order valence-electron chi connectivity index (χ0n) is 14.8. The Labute approximate surface area is 163 Å². The molecular weight excluding hydrogens is 388 g/mol. The van der Waals surface area contributed by atoms with E-state index in [1.54, 1.807) is 17.0 Å². The molecule has 0 spiro atoms. The number of hydrogen-bond acceptors (Lipinski definition) is 4. The highest BCUT2D eigenvalue weighted by Gasteiger charge is 2.38. The lowest BCUT2D eigenvalue weighted by Crippen LogP contribution is -2.52.